The molecule has 0 aliphatic carbocycles. The van der Waals surface area contributed by atoms with Crippen LogP contribution in [0, 0.1) is 0 Å². The van der Waals surface area contributed by atoms with Crippen molar-refractivity contribution in [2.75, 3.05) is 0 Å². The van der Waals surface area contributed by atoms with E-state index in [1.165, 1.54) is 6.07 Å². The maximum atomic E-state index is 12.9. The monoisotopic (exact) mass is 186 g/mol. The van der Waals surface area contributed by atoms with E-state index in [2.05, 4.69) is 4.74 Å². The van der Waals surface area contributed by atoms with Crippen molar-refractivity contribution in [2.45, 2.75) is 18.6 Å². The number of aliphatic hydroxyl groups is 1. The third-order valence-corrected chi connectivity index (χ3v) is 2.01. The van der Waals surface area contributed by atoms with Gasteiger partial charge in [-0.1, -0.05) is 18.2 Å². The fourth-order valence-corrected chi connectivity index (χ4v) is 1.31. The summed E-state index contributed by atoms with van der Waals surface area (Å²) in [5.41, 5.74) is 0.567. The molecule has 1 aromatic rings. The van der Waals surface area contributed by atoms with Crippen molar-refractivity contribution < 1.29 is 18.6 Å². The van der Waals surface area contributed by atoms with Crippen LogP contribution >= 0.6 is 0 Å². The molecule has 13 heavy (non-hydrogen) atoms. The molecule has 0 radical (unpaired) electrons. The van der Waals surface area contributed by atoms with Crippen LogP contribution in [0.15, 0.2) is 24.3 Å². The zero-order valence-electron chi connectivity index (χ0n) is 6.71. The smallest absolute Gasteiger partial charge is 0.393 e. The van der Waals surface area contributed by atoms with E-state index in [9.17, 15) is 8.78 Å². The standard InChI is InChI=1S/C9H8F2O2/c10-8-5-6-3-1-2-4-7(6)13-9(8,11)12/h1-4,8,12H,5H2. The Bertz CT molecular complexity index is 325. The summed E-state index contributed by atoms with van der Waals surface area (Å²) in [7, 11) is 0. The van der Waals surface area contributed by atoms with E-state index < -0.39 is 12.2 Å². The minimum Gasteiger partial charge on any atom is -0.433 e. The van der Waals surface area contributed by atoms with Gasteiger partial charge in [0.2, 0.25) is 6.17 Å². The first-order valence-electron chi connectivity index (χ1n) is 3.92. The molecule has 0 saturated heterocycles. The number of hydrogen-bond acceptors (Lipinski definition) is 2. The van der Waals surface area contributed by atoms with Crippen LogP contribution < -0.4 is 4.74 Å². The van der Waals surface area contributed by atoms with E-state index in [4.69, 9.17) is 5.11 Å². The number of rotatable bonds is 0. The quantitative estimate of drug-likeness (QED) is 0.666. The van der Waals surface area contributed by atoms with Gasteiger partial charge < -0.3 is 9.84 Å². The van der Waals surface area contributed by atoms with Crippen molar-refractivity contribution >= 4 is 0 Å². The van der Waals surface area contributed by atoms with Crippen molar-refractivity contribution in [1.29, 1.82) is 0 Å². The molecule has 2 atom stereocenters. The van der Waals surface area contributed by atoms with Gasteiger partial charge in [0.1, 0.15) is 5.75 Å². The van der Waals surface area contributed by atoms with Crippen LogP contribution in [0.2, 0.25) is 0 Å². The van der Waals surface area contributed by atoms with Gasteiger partial charge in [0.25, 0.3) is 0 Å². The molecule has 0 bridgehead atoms. The third kappa shape index (κ3) is 1.37. The molecule has 1 aromatic carbocycles. The lowest BCUT2D eigenvalue weighted by molar-refractivity contribution is -0.280. The van der Waals surface area contributed by atoms with Gasteiger partial charge in [-0.15, -0.1) is 0 Å². The van der Waals surface area contributed by atoms with Gasteiger partial charge >= 0.3 is 6.04 Å². The largest absolute Gasteiger partial charge is 0.433 e. The number of para-hydroxylation sites is 1. The van der Waals surface area contributed by atoms with Crippen LogP contribution in [0.4, 0.5) is 8.78 Å². The number of ether oxygens (including phenoxy) is 1. The number of halogens is 2. The lowest BCUT2D eigenvalue weighted by atomic mass is 10.0. The molecule has 1 aliphatic heterocycles. The predicted molar refractivity (Wildman–Crippen MR) is 41.7 cm³/mol. The maximum Gasteiger partial charge on any atom is 0.393 e. The Morgan fingerprint density at radius 2 is 2.15 bits per heavy atom. The van der Waals surface area contributed by atoms with Gasteiger partial charge in [-0.2, -0.15) is 4.39 Å². The Labute approximate surface area is 73.8 Å². The lowest BCUT2D eigenvalue weighted by Crippen LogP contribution is -2.45. The summed E-state index contributed by atoms with van der Waals surface area (Å²) in [6.07, 6.45) is -2.19. The van der Waals surface area contributed by atoms with E-state index in [1.54, 1.807) is 18.2 Å². The molecule has 1 heterocycles. The summed E-state index contributed by atoms with van der Waals surface area (Å²) in [6.45, 7) is 0. The zero-order valence-corrected chi connectivity index (χ0v) is 6.71. The van der Waals surface area contributed by atoms with E-state index in [0.717, 1.165) is 0 Å². The summed E-state index contributed by atoms with van der Waals surface area (Å²) in [4.78, 5) is 0. The van der Waals surface area contributed by atoms with Gasteiger partial charge in [-0.3, -0.25) is 0 Å². The second-order valence-corrected chi connectivity index (χ2v) is 2.99. The molecule has 0 amide bonds. The summed E-state index contributed by atoms with van der Waals surface area (Å²) >= 11 is 0. The van der Waals surface area contributed by atoms with Crippen molar-refractivity contribution in [3.8, 4) is 5.75 Å². The molecule has 1 aliphatic rings. The summed E-state index contributed by atoms with van der Waals surface area (Å²) in [5.74, 6) is 0.196. The minimum absolute atomic E-state index is 0.164. The normalized spacial score (nSPS) is 32.1. The molecular weight excluding hydrogens is 178 g/mol. The molecular formula is C9H8F2O2. The van der Waals surface area contributed by atoms with Crippen LogP contribution in [-0.2, 0) is 6.42 Å². The summed E-state index contributed by atoms with van der Waals surface area (Å²) < 4.78 is 30.2. The number of hydrogen-bond donors (Lipinski definition) is 1. The van der Waals surface area contributed by atoms with Crippen LogP contribution in [0.25, 0.3) is 0 Å². The van der Waals surface area contributed by atoms with Crippen molar-refractivity contribution in [3.63, 3.8) is 0 Å². The first-order valence-corrected chi connectivity index (χ1v) is 3.92. The van der Waals surface area contributed by atoms with E-state index in [0.29, 0.717) is 5.56 Å². The Balaban J connectivity index is 2.39. The lowest BCUT2D eigenvalue weighted by Gasteiger charge is -2.29. The molecule has 4 heteroatoms. The predicted octanol–water partition coefficient (Wildman–Crippen LogP) is 1.58. The van der Waals surface area contributed by atoms with Crippen LogP contribution in [-0.4, -0.2) is 17.3 Å². The van der Waals surface area contributed by atoms with Crippen LogP contribution in [0.5, 0.6) is 5.75 Å². The van der Waals surface area contributed by atoms with Gasteiger partial charge in [0.05, 0.1) is 0 Å². The fraction of sp³-hybridized carbons (Fsp3) is 0.333. The van der Waals surface area contributed by atoms with Gasteiger partial charge in [-0.05, 0) is 11.6 Å². The highest BCUT2D eigenvalue weighted by atomic mass is 19.2. The van der Waals surface area contributed by atoms with Crippen molar-refractivity contribution in [3.05, 3.63) is 29.8 Å². The number of alkyl halides is 2. The van der Waals surface area contributed by atoms with Gasteiger partial charge in [-0.25, -0.2) is 4.39 Å². The van der Waals surface area contributed by atoms with Gasteiger partial charge in [0.15, 0.2) is 0 Å². The van der Waals surface area contributed by atoms with E-state index >= 15 is 0 Å². The minimum atomic E-state index is -3.19. The van der Waals surface area contributed by atoms with Crippen molar-refractivity contribution in [2.24, 2.45) is 0 Å². The summed E-state index contributed by atoms with van der Waals surface area (Å²) in [5, 5.41) is 8.83. The molecule has 1 N–H and O–H groups in total. The Kier molecular flexibility index (Phi) is 1.73. The molecule has 2 unspecified atom stereocenters. The first-order chi connectivity index (χ1) is 6.09. The Morgan fingerprint density at radius 3 is 2.92 bits per heavy atom. The summed E-state index contributed by atoms with van der Waals surface area (Å²) in [6, 6.07) is 3.28. The highest BCUT2D eigenvalue weighted by molar-refractivity contribution is 5.36. The highest BCUT2D eigenvalue weighted by Gasteiger charge is 2.44. The molecule has 0 aromatic heterocycles. The molecule has 0 fully saturated rings. The number of benzene rings is 1. The molecule has 70 valence electrons. The SMILES string of the molecule is OC1(F)Oc2ccccc2CC1F. The van der Waals surface area contributed by atoms with Crippen molar-refractivity contribution in [1.82, 2.24) is 0 Å². The second kappa shape index (κ2) is 2.67. The Morgan fingerprint density at radius 1 is 1.46 bits per heavy atom. The highest BCUT2D eigenvalue weighted by Crippen LogP contribution is 2.34. The third-order valence-electron chi connectivity index (χ3n) is 2.01. The fourth-order valence-electron chi connectivity index (χ4n) is 1.31. The number of fused-ring (bicyclic) bond motifs is 1. The second-order valence-electron chi connectivity index (χ2n) is 2.99. The zero-order chi connectivity index (χ0) is 9.47. The van der Waals surface area contributed by atoms with Gasteiger partial charge in [0, 0.05) is 6.42 Å². The molecule has 2 nitrogen and oxygen atoms in total. The maximum absolute atomic E-state index is 12.9. The van der Waals surface area contributed by atoms with E-state index in [-0.39, 0.29) is 12.2 Å². The molecule has 0 saturated carbocycles. The average Bonchev–Trinajstić information content (AvgIpc) is 2.06. The average molecular weight is 186 g/mol. The first kappa shape index (κ1) is 8.44. The molecule has 2 rings (SSSR count). The van der Waals surface area contributed by atoms with Crippen LogP contribution in [0.3, 0.4) is 0 Å². The van der Waals surface area contributed by atoms with E-state index in [1.807, 2.05) is 0 Å². The molecule has 0 spiro atoms. The van der Waals surface area contributed by atoms with Crippen LogP contribution in [0.1, 0.15) is 5.56 Å². The topological polar surface area (TPSA) is 29.5 Å². The Hall–Kier alpha value is -1.16.